The molecule has 1 fully saturated rings. The molecule has 0 aliphatic carbocycles. The van der Waals surface area contributed by atoms with E-state index in [0.29, 0.717) is 11.1 Å². The Hall–Kier alpha value is -1.98. The van der Waals surface area contributed by atoms with Crippen LogP contribution in [0.25, 0.3) is 0 Å². The van der Waals surface area contributed by atoms with Gasteiger partial charge in [0.25, 0.3) is 5.91 Å². The fourth-order valence-corrected chi connectivity index (χ4v) is 5.00. The van der Waals surface area contributed by atoms with Crippen molar-refractivity contribution in [1.29, 1.82) is 0 Å². The summed E-state index contributed by atoms with van der Waals surface area (Å²) in [7, 11) is -9.26. The highest BCUT2D eigenvalue weighted by atomic mass is 32.2. The summed E-state index contributed by atoms with van der Waals surface area (Å²) in [5.74, 6) is -0.838. The number of nitrogens with zero attached hydrogens (tertiary/aromatic N) is 1. The van der Waals surface area contributed by atoms with Crippen LogP contribution in [0.2, 0.25) is 0 Å². The molecular formula is C13H19N4O7PS. The number of alkyl carbamates (subject to hydrolysis) is 1. The number of ether oxygens (including phenoxy) is 1. The molecule has 13 heteroatoms. The van der Waals surface area contributed by atoms with Gasteiger partial charge in [-0.05, 0) is 18.4 Å². The van der Waals surface area contributed by atoms with Crippen molar-refractivity contribution >= 4 is 29.9 Å². The molecule has 0 saturated carbocycles. The maximum absolute atomic E-state index is 12.4. The second kappa shape index (κ2) is 8.14. The van der Waals surface area contributed by atoms with Crippen molar-refractivity contribution < 1.29 is 31.9 Å². The molecule has 2 atom stereocenters. The lowest BCUT2D eigenvalue weighted by molar-refractivity contribution is -0.130. The third-order valence-corrected chi connectivity index (χ3v) is 6.61. The average molecular weight is 406 g/mol. The number of amides is 2. The van der Waals surface area contributed by atoms with E-state index in [4.69, 9.17) is 14.8 Å². The number of nitrogens with one attached hydrogen (secondary N) is 2. The summed E-state index contributed by atoms with van der Waals surface area (Å²) in [6.45, 7) is -0.0939. The van der Waals surface area contributed by atoms with E-state index in [9.17, 15) is 22.6 Å². The minimum atomic E-state index is -4.88. The van der Waals surface area contributed by atoms with E-state index in [1.165, 1.54) is 4.49 Å². The molecule has 1 unspecified atom stereocenters. The van der Waals surface area contributed by atoms with Crippen molar-refractivity contribution in [2.45, 2.75) is 25.5 Å². The fraction of sp³-hybridized carbons (Fsp3) is 0.385. The molecule has 0 bridgehead atoms. The summed E-state index contributed by atoms with van der Waals surface area (Å²) in [6.07, 6.45) is -0.311. The lowest BCUT2D eigenvalue weighted by Crippen LogP contribution is -2.53. The number of nitrogens with two attached hydrogens (primary N) is 1. The Labute approximate surface area is 150 Å². The van der Waals surface area contributed by atoms with Crippen LogP contribution < -0.4 is 15.3 Å². The van der Waals surface area contributed by atoms with Gasteiger partial charge < -0.3 is 10.1 Å². The number of carbonyl (C=O) groups is 2. The molecule has 0 aromatic heterocycles. The predicted molar refractivity (Wildman–Crippen MR) is 91.0 cm³/mol. The van der Waals surface area contributed by atoms with Gasteiger partial charge in [0.1, 0.15) is 12.6 Å². The second-order valence-electron chi connectivity index (χ2n) is 5.55. The van der Waals surface area contributed by atoms with E-state index in [1.807, 2.05) is 6.07 Å². The summed E-state index contributed by atoms with van der Waals surface area (Å²) in [5.41, 5.74) is 6.11. The summed E-state index contributed by atoms with van der Waals surface area (Å²) in [5, 5.41) is 2.34. The second-order valence-corrected chi connectivity index (χ2v) is 8.96. The Kier molecular flexibility index (Phi) is 6.37. The lowest BCUT2D eigenvalue weighted by Gasteiger charge is -2.35. The minimum Gasteiger partial charge on any atom is -0.445 e. The van der Waals surface area contributed by atoms with Gasteiger partial charge in [0.05, 0.1) is 0 Å². The summed E-state index contributed by atoms with van der Waals surface area (Å²) >= 11 is 0. The Morgan fingerprint density at radius 1 is 1.38 bits per heavy atom. The molecule has 1 aliphatic rings. The van der Waals surface area contributed by atoms with Crippen LogP contribution in [0.5, 0.6) is 0 Å². The fourth-order valence-electron chi connectivity index (χ4n) is 2.41. The zero-order valence-corrected chi connectivity index (χ0v) is 15.3. The molecule has 11 nitrogen and oxygen atoms in total. The van der Waals surface area contributed by atoms with Gasteiger partial charge in [-0.2, -0.15) is 8.42 Å². The number of rotatable bonds is 6. The first-order valence-corrected chi connectivity index (χ1v) is 10.7. The van der Waals surface area contributed by atoms with Crippen LogP contribution in [-0.2, 0) is 31.0 Å². The third-order valence-electron chi connectivity index (χ3n) is 3.52. The molecule has 0 spiro atoms. The van der Waals surface area contributed by atoms with Gasteiger partial charge in [0.2, 0.25) is 0 Å². The van der Waals surface area contributed by atoms with Crippen molar-refractivity contribution in [3.63, 3.8) is 0 Å². The van der Waals surface area contributed by atoms with Crippen LogP contribution in [0.1, 0.15) is 18.4 Å². The molecule has 5 N–H and O–H groups in total. The molecule has 2 rings (SSSR count). The predicted octanol–water partition coefficient (Wildman–Crippen LogP) is 0.363. The maximum Gasteiger partial charge on any atom is 0.408 e. The van der Waals surface area contributed by atoms with Gasteiger partial charge in [0.15, 0.2) is 0 Å². The van der Waals surface area contributed by atoms with Crippen molar-refractivity contribution in [2.75, 3.05) is 6.54 Å². The molecule has 1 aromatic carbocycles. The van der Waals surface area contributed by atoms with Crippen LogP contribution in [-0.4, -0.2) is 42.2 Å². The van der Waals surface area contributed by atoms with Crippen molar-refractivity contribution in [3.05, 3.63) is 35.9 Å². The van der Waals surface area contributed by atoms with E-state index in [2.05, 4.69) is 5.32 Å². The van der Waals surface area contributed by atoms with Crippen LogP contribution in [0.15, 0.2) is 30.3 Å². The number of hydrogen-bond donors (Lipinski definition) is 4. The first-order valence-electron chi connectivity index (χ1n) is 7.53. The van der Waals surface area contributed by atoms with Gasteiger partial charge in [-0.1, -0.05) is 30.3 Å². The van der Waals surface area contributed by atoms with Gasteiger partial charge in [0, 0.05) is 6.54 Å². The quantitative estimate of drug-likeness (QED) is 0.388. The van der Waals surface area contributed by atoms with E-state index in [1.54, 1.807) is 24.3 Å². The summed E-state index contributed by atoms with van der Waals surface area (Å²) in [4.78, 5) is 24.2. The van der Waals surface area contributed by atoms with Crippen LogP contribution in [0.3, 0.4) is 0 Å². The van der Waals surface area contributed by atoms with Crippen molar-refractivity contribution in [1.82, 2.24) is 14.5 Å². The Balaban J connectivity index is 1.96. The Morgan fingerprint density at radius 3 is 2.65 bits per heavy atom. The molecule has 1 aromatic rings. The summed E-state index contributed by atoms with van der Waals surface area (Å²) in [6, 6.07) is 7.80. The number of hydrogen-bond acceptors (Lipinski definition) is 6. The zero-order chi connectivity index (χ0) is 19.4. The highest BCUT2D eigenvalue weighted by Crippen LogP contribution is 2.40. The van der Waals surface area contributed by atoms with Gasteiger partial charge in [-0.15, -0.1) is 4.49 Å². The molecule has 1 saturated heterocycles. The van der Waals surface area contributed by atoms with Gasteiger partial charge in [-0.3, -0.25) is 24.1 Å². The molecule has 144 valence electrons. The van der Waals surface area contributed by atoms with E-state index < -0.39 is 35.9 Å². The van der Waals surface area contributed by atoms with E-state index >= 15 is 0 Å². The van der Waals surface area contributed by atoms with E-state index in [0.717, 1.165) is 5.56 Å². The highest BCUT2D eigenvalue weighted by Gasteiger charge is 2.40. The first-order chi connectivity index (χ1) is 12.1. The van der Waals surface area contributed by atoms with Crippen LogP contribution >= 0.6 is 7.59 Å². The Morgan fingerprint density at radius 2 is 2.04 bits per heavy atom. The largest absolute Gasteiger partial charge is 0.445 e. The average Bonchev–Trinajstić information content (AvgIpc) is 2.53. The molecule has 2 amide bonds. The standard InChI is InChI=1S/C13H19N4O7PS/c14-25(20,16-26(21,22)23)17-8-4-7-11(12(17)18)15-13(19)24-9-10-5-2-1-3-6-10/h1-3,5-6,11H,4,7-9H2,(H,15,19)(H3,14,16,20)(H,21,22,23)/t11-,25?/m1/s1. The molecule has 1 heterocycles. The molecule has 26 heavy (non-hydrogen) atoms. The van der Waals surface area contributed by atoms with Gasteiger partial charge in [-0.25, -0.2) is 4.79 Å². The lowest BCUT2D eigenvalue weighted by atomic mass is 10.1. The smallest absolute Gasteiger partial charge is 0.408 e. The number of carbonyl (C=O) groups excluding carboxylic acids is 2. The maximum atomic E-state index is 12.4. The third kappa shape index (κ3) is 5.78. The number of benzene rings is 1. The Bertz CT molecular complexity index is 817. The monoisotopic (exact) mass is 406 g/mol. The summed E-state index contributed by atoms with van der Waals surface area (Å²) < 4.78 is 49.6. The van der Waals surface area contributed by atoms with Gasteiger partial charge >= 0.3 is 24.0 Å². The SMILES string of the molecule is NP(=O)(NS(=O)(=O)O)N1CCC[C@@H](NC(=O)OCc2ccccc2)C1=O. The van der Waals surface area contributed by atoms with E-state index in [-0.39, 0.29) is 19.6 Å². The topological polar surface area (TPSA) is 168 Å². The number of piperidine rings is 1. The van der Waals surface area contributed by atoms with Crippen LogP contribution in [0.4, 0.5) is 4.79 Å². The van der Waals surface area contributed by atoms with Crippen molar-refractivity contribution in [2.24, 2.45) is 5.50 Å². The molecule has 0 radical (unpaired) electrons. The van der Waals surface area contributed by atoms with Crippen LogP contribution in [0, 0.1) is 0 Å². The zero-order valence-electron chi connectivity index (χ0n) is 13.6. The highest BCUT2D eigenvalue weighted by molar-refractivity contribution is 7.90. The normalized spacial score (nSPS) is 20.3. The molecular weight excluding hydrogens is 387 g/mol. The minimum absolute atomic E-state index is 0.00298. The first kappa shape index (κ1) is 20.3. The molecule has 1 aliphatic heterocycles. The van der Waals surface area contributed by atoms with Crippen molar-refractivity contribution in [3.8, 4) is 0 Å².